The molecule has 1 saturated heterocycles. The summed E-state index contributed by atoms with van der Waals surface area (Å²) in [6.07, 6.45) is 0.691. The van der Waals surface area contributed by atoms with Gasteiger partial charge in [0, 0.05) is 17.7 Å². The van der Waals surface area contributed by atoms with Crippen LogP contribution in [-0.4, -0.2) is 10.8 Å². The minimum atomic E-state index is -0.598. The molecule has 2 aliphatic rings. The number of anilines is 1. The van der Waals surface area contributed by atoms with Gasteiger partial charge in [0.25, 0.3) is 0 Å². The van der Waals surface area contributed by atoms with E-state index in [0.717, 1.165) is 11.3 Å². The lowest BCUT2D eigenvalue weighted by atomic mass is 9.90. The molecule has 2 aliphatic heterocycles. The van der Waals surface area contributed by atoms with Crippen LogP contribution in [-0.2, 0) is 0 Å². The van der Waals surface area contributed by atoms with E-state index in [1.165, 1.54) is 23.3 Å². The van der Waals surface area contributed by atoms with E-state index >= 15 is 0 Å². The van der Waals surface area contributed by atoms with Crippen molar-refractivity contribution < 1.29 is 9.13 Å². The van der Waals surface area contributed by atoms with Crippen LogP contribution in [0, 0.1) is 19.7 Å². The van der Waals surface area contributed by atoms with Gasteiger partial charge in [0.15, 0.2) is 10.8 Å². The third-order valence-corrected chi connectivity index (χ3v) is 5.28. The molecule has 2 heterocycles. The van der Waals surface area contributed by atoms with Gasteiger partial charge in [-0.1, -0.05) is 6.07 Å². The molecule has 0 radical (unpaired) electrons. The molecule has 24 heavy (non-hydrogen) atoms. The number of hydrogen-bond acceptors (Lipinski definition) is 2. The molecule has 5 heteroatoms. The molecule has 1 N–H and O–H groups in total. The Kier molecular flexibility index (Phi) is 3.32. The summed E-state index contributed by atoms with van der Waals surface area (Å²) < 4.78 is 19.9. The van der Waals surface area contributed by atoms with Crippen molar-refractivity contribution >= 4 is 23.0 Å². The second kappa shape index (κ2) is 5.18. The van der Waals surface area contributed by atoms with Gasteiger partial charge in [-0.15, -0.1) is 0 Å². The highest BCUT2D eigenvalue weighted by atomic mass is 32.1. The molecule has 2 aromatic rings. The average molecular weight is 342 g/mol. The maximum absolute atomic E-state index is 13.6. The summed E-state index contributed by atoms with van der Waals surface area (Å²) in [6, 6.07) is 10.9. The number of nitrogens with one attached hydrogen (secondary N) is 1. The molecule has 0 saturated carbocycles. The van der Waals surface area contributed by atoms with Gasteiger partial charge in [-0.2, -0.15) is 0 Å². The number of rotatable bonds is 1. The molecule has 4 rings (SSSR count). The maximum Gasteiger partial charge on any atom is 0.188 e. The summed E-state index contributed by atoms with van der Waals surface area (Å²) in [4.78, 5) is 2.03. The Morgan fingerprint density at radius 3 is 2.75 bits per heavy atom. The molecule has 0 amide bonds. The van der Waals surface area contributed by atoms with Gasteiger partial charge < -0.3 is 10.1 Å². The van der Waals surface area contributed by atoms with Crippen molar-refractivity contribution in [3.8, 4) is 5.75 Å². The van der Waals surface area contributed by atoms with Crippen molar-refractivity contribution in [2.24, 2.45) is 0 Å². The molecular weight excluding hydrogens is 323 g/mol. The fourth-order valence-electron chi connectivity index (χ4n) is 3.60. The van der Waals surface area contributed by atoms with Crippen LogP contribution in [0.25, 0.3) is 0 Å². The fraction of sp³-hybridized carbons (Fsp3) is 0.316. The van der Waals surface area contributed by atoms with Crippen LogP contribution in [0.5, 0.6) is 5.75 Å². The molecule has 2 unspecified atom stereocenters. The van der Waals surface area contributed by atoms with Gasteiger partial charge >= 0.3 is 0 Å². The first-order valence-corrected chi connectivity index (χ1v) is 8.45. The van der Waals surface area contributed by atoms with E-state index in [-0.39, 0.29) is 11.9 Å². The Balaban J connectivity index is 1.80. The highest BCUT2D eigenvalue weighted by Crippen LogP contribution is 2.45. The van der Waals surface area contributed by atoms with Crippen molar-refractivity contribution in [1.82, 2.24) is 5.32 Å². The lowest BCUT2D eigenvalue weighted by Gasteiger charge is -2.52. The quantitative estimate of drug-likeness (QED) is 0.778. The van der Waals surface area contributed by atoms with Crippen molar-refractivity contribution in [3.63, 3.8) is 0 Å². The molecule has 2 aromatic carbocycles. The number of aryl methyl sites for hydroxylation is 2. The fourth-order valence-corrected chi connectivity index (χ4v) is 4.04. The Labute approximate surface area is 146 Å². The second-order valence-electron chi connectivity index (χ2n) is 6.77. The Bertz CT molecular complexity index is 853. The average Bonchev–Trinajstić information content (AvgIpc) is 2.51. The summed E-state index contributed by atoms with van der Waals surface area (Å²) in [5.74, 6) is 0.448. The predicted octanol–water partition coefficient (Wildman–Crippen LogP) is 4.38. The van der Waals surface area contributed by atoms with Gasteiger partial charge in [-0.05, 0) is 74.4 Å². The minimum Gasteiger partial charge on any atom is -0.467 e. The zero-order valence-corrected chi connectivity index (χ0v) is 14.7. The lowest BCUT2D eigenvalue weighted by Crippen LogP contribution is -2.65. The molecule has 124 valence electrons. The van der Waals surface area contributed by atoms with Crippen molar-refractivity contribution in [3.05, 3.63) is 58.9 Å². The number of hydrogen-bond donors (Lipinski definition) is 1. The topological polar surface area (TPSA) is 24.5 Å². The Morgan fingerprint density at radius 2 is 2.00 bits per heavy atom. The zero-order chi connectivity index (χ0) is 17.1. The monoisotopic (exact) mass is 342 g/mol. The highest BCUT2D eigenvalue weighted by Gasteiger charge is 2.48. The van der Waals surface area contributed by atoms with Crippen LogP contribution in [0.4, 0.5) is 10.1 Å². The summed E-state index contributed by atoms with van der Waals surface area (Å²) in [5.41, 5.74) is 3.68. The van der Waals surface area contributed by atoms with Crippen LogP contribution in [0.2, 0.25) is 0 Å². The standard InChI is InChI=1S/C19H19FN2OS/c1-11-4-6-14(8-12(11)2)22-18(24)21-16-10-19(22,3)23-17-7-5-13(20)9-15(16)17/h4-9,16H,10H2,1-3H3,(H,21,24). The van der Waals surface area contributed by atoms with Crippen LogP contribution in [0.1, 0.15) is 36.1 Å². The van der Waals surface area contributed by atoms with E-state index in [1.54, 1.807) is 6.07 Å². The van der Waals surface area contributed by atoms with Gasteiger partial charge in [0.2, 0.25) is 0 Å². The van der Waals surface area contributed by atoms with E-state index in [4.69, 9.17) is 17.0 Å². The predicted molar refractivity (Wildman–Crippen MR) is 96.9 cm³/mol. The molecule has 0 aromatic heterocycles. The summed E-state index contributed by atoms with van der Waals surface area (Å²) >= 11 is 5.61. The van der Waals surface area contributed by atoms with Crippen LogP contribution in [0.3, 0.4) is 0 Å². The van der Waals surface area contributed by atoms with Crippen molar-refractivity contribution in [1.29, 1.82) is 0 Å². The van der Waals surface area contributed by atoms with E-state index in [1.807, 2.05) is 11.8 Å². The van der Waals surface area contributed by atoms with E-state index in [9.17, 15) is 4.39 Å². The third-order valence-electron chi connectivity index (χ3n) is 4.98. The van der Waals surface area contributed by atoms with E-state index < -0.39 is 5.72 Å². The zero-order valence-electron chi connectivity index (χ0n) is 13.9. The lowest BCUT2D eigenvalue weighted by molar-refractivity contribution is 0.0495. The number of ether oxygens (including phenoxy) is 1. The minimum absolute atomic E-state index is 0.0373. The summed E-state index contributed by atoms with van der Waals surface area (Å²) in [6.45, 7) is 6.21. The van der Waals surface area contributed by atoms with E-state index in [0.29, 0.717) is 17.3 Å². The largest absolute Gasteiger partial charge is 0.467 e. The number of thiocarbonyl (C=S) groups is 1. The van der Waals surface area contributed by atoms with Gasteiger partial charge in [-0.25, -0.2) is 4.39 Å². The first-order chi connectivity index (χ1) is 11.4. The highest BCUT2D eigenvalue weighted by molar-refractivity contribution is 7.80. The second-order valence-corrected chi connectivity index (χ2v) is 7.16. The van der Waals surface area contributed by atoms with Crippen molar-refractivity contribution in [2.45, 2.75) is 39.0 Å². The normalized spacial score (nSPS) is 24.9. The third kappa shape index (κ3) is 2.26. The summed E-state index contributed by atoms with van der Waals surface area (Å²) in [7, 11) is 0. The SMILES string of the molecule is Cc1ccc(N2C(=S)NC3CC2(C)Oc2ccc(F)cc23)cc1C. The number of halogens is 1. The molecule has 2 bridgehead atoms. The molecule has 3 nitrogen and oxygen atoms in total. The number of fused-ring (bicyclic) bond motifs is 4. The Hall–Kier alpha value is -2.14. The van der Waals surface area contributed by atoms with E-state index in [2.05, 4.69) is 37.4 Å². The summed E-state index contributed by atoms with van der Waals surface area (Å²) in [5, 5.41) is 3.95. The van der Waals surface area contributed by atoms with Gasteiger partial charge in [0.05, 0.1) is 6.04 Å². The first-order valence-electron chi connectivity index (χ1n) is 8.04. The number of benzene rings is 2. The maximum atomic E-state index is 13.6. The molecule has 1 fully saturated rings. The Morgan fingerprint density at radius 1 is 1.21 bits per heavy atom. The molecule has 0 spiro atoms. The number of nitrogens with zero attached hydrogens (tertiary/aromatic N) is 1. The first kappa shape index (κ1) is 15.4. The van der Waals surface area contributed by atoms with Crippen LogP contribution >= 0.6 is 12.2 Å². The van der Waals surface area contributed by atoms with Crippen LogP contribution < -0.4 is 15.0 Å². The van der Waals surface area contributed by atoms with Gasteiger partial charge in [0.1, 0.15) is 11.6 Å². The van der Waals surface area contributed by atoms with Gasteiger partial charge in [-0.3, -0.25) is 4.90 Å². The molecule has 2 atom stereocenters. The smallest absolute Gasteiger partial charge is 0.188 e. The van der Waals surface area contributed by atoms with Crippen molar-refractivity contribution in [2.75, 3.05) is 4.90 Å². The molecule has 0 aliphatic carbocycles. The van der Waals surface area contributed by atoms with Crippen LogP contribution in [0.15, 0.2) is 36.4 Å². The molecular formula is C19H19FN2OS.